The Morgan fingerprint density at radius 1 is 1.25 bits per heavy atom. The molecule has 1 aromatic heterocycles. The summed E-state index contributed by atoms with van der Waals surface area (Å²) in [7, 11) is 0. The Morgan fingerprint density at radius 2 is 2.00 bits per heavy atom. The highest BCUT2D eigenvalue weighted by Crippen LogP contribution is 2.22. The van der Waals surface area contributed by atoms with Crippen LogP contribution in [0.5, 0.6) is 0 Å². The molecule has 1 N–H and O–H groups in total. The molecule has 0 saturated carbocycles. The van der Waals surface area contributed by atoms with Crippen molar-refractivity contribution >= 4 is 11.3 Å². The van der Waals surface area contributed by atoms with Gasteiger partial charge in [-0.25, -0.2) is 0 Å². The van der Waals surface area contributed by atoms with Crippen molar-refractivity contribution in [3.8, 4) is 0 Å². The molecular formula is C13H21NOS. The first-order valence-corrected chi connectivity index (χ1v) is 7.18. The van der Waals surface area contributed by atoms with E-state index in [0.29, 0.717) is 0 Å². The van der Waals surface area contributed by atoms with Crippen LogP contribution in [0.1, 0.15) is 43.1 Å². The van der Waals surface area contributed by atoms with Crippen LogP contribution in [0.15, 0.2) is 17.5 Å². The van der Waals surface area contributed by atoms with E-state index in [1.165, 1.54) is 38.8 Å². The zero-order valence-electron chi connectivity index (χ0n) is 9.77. The largest absolute Gasteiger partial charge is 0.388 e. The second-order valence-electron chi connectivity index (χ2n) is 4.58. The molecule has 16 heavy (non-hydrogen) atoms. The van der Waals surface area contributed by atoms with E-state index >= 15 is 0 Å². The molecule has 0 aliphatic carbocycles. The van der Waals surface area contributed by atoms with Crippen LogP contribution in [0.2, 0.25) is 0 Å². The van der Waals surface area contributed by atoms with Crippen molar-refractivity contribution < 1.29 is 5.11 Å². The lowest BCUT2D eigenvalue weighted by molar-refractivity contribution is 0.146. The van der Waals surface area contributed by atoms with E-state index in [4.69, 9.17) is 0 Å². The summed E-state index contributed by atoms with van der Waals surface area (Å²) in [5.74, 6) is 0. The molecule has 0 amide bonds. The molecule has 2 nitrogen and oxygen atoms in total. The number of rotatable bonds is 4. The van der Waals surface area contributed by atoms with Gasteiger partial charge in [-0.05, 0) is 43.8 Å². The highest BCUT2D eigenvalue weighted by Gasteiger charge is 2.13. The minimum atomic E-state index is -0.261. The molecule has 90 valence electrons. The molecule has 3 heteroatoms. The molecule has 0 radical (unpaired) electrons. The van der Waals surface area contributed by atoms with Gasteiger partial charge >= 0.3 is 0 Å². The Hall–Kier alpha value is -0.380. The third kappa shape index (κ3) is 3.58. The van der Waals surface area contributed by atoms with Gasteiger partial charge in [-0.3, -0.25) is 0 Å². The van der Waals surface area contributed by atoms with Gasteiger partial charge in [-0.15, -0.1) is 11.3 Å². The second-order valence-corrected chi connectivity index (χ2v) is 5.56. The van der Waals surface area contributed by atoms with Crippen LogP contribution in [0.25, 0.3) is 0 Å². The average Bonchev–Trinajstić information content (AvgIpc) is 2.71. The third-order valence-electron chi connectivity index (χ3n) is 3.29. The molecular weight excluding hydrogens is 218 g/mol. The van der Waals surface area contributed by atoms with E-state index in [-0.39, 0.29) is 6.10 Å². The second kappa shape index (κ2) is 6.38. The van der Waals surface area contributed by atoms with Crippen LogP contribution in [0.3, 0.4) is 0 Å². The van der Waals surface area contributed by atoms with Gasteiger partial charge in [0, 0.05) is 11.4 Å². The molecule has 2 heterocycles. The molecule has 1 unspecified atom stereocenters. The molecule has 0 bridgehead atoms. The zero-order chi connectivity index (χ0) is 11.2. The topological polar surface area (TPSA) is 23.5 Å². The maximum absolute atomic E-state index is 9.99. The summed E-state index contributed by atoms with van der Waals surface area (Å²) >= 11 is 1.65. The lowest BCUT2D eigenvalue weighted by Gasteiger charge is -2.21. The molecule has 0 aromatic carbocycles. The molecule has 1 atom stereocenters. The molecule has 1 aromatic rings. The summed E-state index contributed by atoms with van der Waals surface area (Å²) in [5, 5.41) is 12.0. The summed E-state index contributed by atoms with van der Waals surface area (Å²) < 4.78 is 0. The monoisotopic (exact) mass is 239 g/mol. The fraction of sp³-hybridized carbons (Fsp3) is 0.692. The lowest BCUT2D eigenvalue weighted by Crippen LogP contribution is -2.26. The highest BCUT2D eigenvalue weighted by molar-refractivity contribution is 7.10. The van der Waals surface area contributed by atoms with Crippen LogP contribution in [0, 0.1) is 0 Å². The van der Waals surface area contributed by atoms with Crippen molar-refractivity contribution in [3.63, 3.8) is 0 Å². The first-order valence-electron chi connectivity index (χ1n) is 6.30. The van der Waals surface area contributed by atoms with Crippen molar-refractivity contribution in [2.24, 2.45) is 0 Å². The maximum Gasteiger partial charge on any atom is 0.0894 e. The molecule has 0 spiro atoms. The van der Waals surface area contributed by atoms with Crippen molar-refractivity contribution in [3.05, 3.63) is 22.4 Å². The molecule has 1 fully saturated rings. The van der Waals surface area contributed by atoms with Crippen molar-refractivity contribution in [1.29, 1.82) is 0 Å². The van der Waals surface area contributed by atoms with E-state index < -0.39 is 0 Å². The number of aliphatic hydroxyl groups is 1. The predicted molar refractivity (Wildman–Crippen MR) is 68.8 cm³/mol. The van der Waals surface area contributed by atoms with E-state index in [0.717, 1.165) is 17.8 Å². The molecule has 1 saturated heterocycles. The molecule has 2 rings (SSSR count). The molecule has 1 aliphatic heterocycles. The first kappa shape index (κ1) is 12.1. The Labute approximate surface area is 102 Å². The Kier molecular flexibility index (Phi) is 4.82. The zero-order valence-corrected chi connectivity index (χ0v) is 10.6. The summed E-state index contributed by atoms with van der Waals surface area (Å²) in [4.78, 5) is 3.61. The minimum Gasteiger partial charge on any atom is -0.388 e. The van der Waals surface area contributed by atoms with Gasteiger partial charge in [0.2, 0.25) is 0 Å². The highest BCUT2D eigenvalue weighted by atomic mass is 32.1. The number of aliphatic hydroxyl groups excluding tert-OH is 1. The van der Waals surface area contributed by atoms with E-state index in [1.54, 1.807) is 11.3 Å². The summed E-state index contributed by atoms with van der Waals surface area (Å²) in [6.07, 6.45) is 6.03. The summed E-state index contributed by atoms with van der Waals surface area (Å²) in [6.45, 7) is 3.48. The van der Waals surface area contributed by atoms with Crippen LogP contribution in [-0.2, 0) is 0 Å². The Bertz CT molecular complexity index is 278. The van der Waals surface area contributed by atoms with Gasteiger partial charge in [0.25, 0.3) is 0 Å². The van der Waals surface area contributed by atoms with Crippen molar-refractivity contribution in [2.45, 2.75) is 38.2 Å². The van der Waals surface area contributed by atoms with Crippen LogP contribution >= 0.6 is 11.3 Å². The van der Waals surface area contributed by atoms with Crippen LogP contribution in [0.4, 0.5) is 0 Å². The lowest BCUT2D eigenvalue weighted by atomic mass is 10.2. The van der Waals surface area contributed by atoms with E-state index in [9.17, 15) is 5.11 Å². The predicted octanol–water partition coefficient (Wildman–Crippen LogP) is 3.05. The van der Waals surface area contributed by atoms with E-state index in [2.05, 4.69) is 4.90 Å². The van der Waals surface area contributed by atoms with Gasteiger partial charge < -0.3 is 10.0 Å². The third-order valence-corrected chi connectivity index (χ3v) is 4.26. The van der Waals surface area contributed by atoms with Gasteiger partial charge in [0.05, 0.1) is 6.10 Å². The standard InChI is InChI=1S/C13H21NOS/c15-12(13-6-5-11-16-13)7-10-14-8-3-1-2-4-9-14/h5-6,11-12,15H,1-4,7-10H2. The normalized spacial score (nSPS) is 20.6. The number of thiophene rings is 1. The Morgan fingerprint density at radius 3 is 2.62 bits per heavy atom. The summed E-state index contributed by atoms with van der Waals surface area (Å²) in [5.41, 5.74) is 0. The first-order chi connectivity index (χ1) is 7.86. The van der Waals surface area contributed by atoms with Gasteiger partial charge in [0.1, 0.15) is 0 Å². The van der Waals surface area contributed by atoms with Gasteiger partial charge in [-0.1, -0.05) is 18.9 Å². The SMILES string of the molecule is OC(CCN1CCCCCC1)c1cccs1. The fourth-order valence-corrected chi connectivity index (χ4v) is 3.03. The summed E-state index contributed by atoms with van der Waals surface area (Å²) in [6, 6.07) is 4.03. The number of nitrogens with zero attached hydrogens (tertiary/aromatic N) is 1. The Balaban J connectivity index is 1.73. The fourth-order valence-electron chi connectivity index (χ4n) is 2.29. The van der Waals surface area contributed by atoms with Crippen LogP contribution < -0.4 is 0 Å². The van der Waals surface area contributed by atoms with Crippen LogP contribution in [-0.4, -0.2) is 29.6 Å². The maximum atomic E-state index is 9.99. The van der Waals surface area contributed by atoms with Gasteiger partial charge in [-0.2, -0.15) is 0 Å². The minimum absolute atomic E-state index is 0.261. The molecule has 1 aliphatic rings. The van der Waals surface area contributed by atoms with E-state index in [1.807, 2.05) is 17.5 Å². The van der Waals surface area contributed by atoms with Crippen molar-refractivity contribution in [2.75, 3.05) is 19.6 Å². The quantitative estimate of drug-likeness (QED) is 0.873. The average molecular weight is 239 g/mol. The number of hydrogen-bond acceptors (Lipinski definition) is 3. The number of likely N-dealkylation sites (tertiary alicyclic amines) is 1. The van der Waals surface area contributed by atoms with Gasteiger partial charge in [0.15, 0.2) is 0 Å². The number of hydrogen-bond donors (Lipinski definition) is 1. The van der Waals surface area contributed by atoms with Crippen molar-refractivity contribution in [1.82, 2.24) is 4.90 Å². The smallest absolute Gasteiger partial charge is 0.0894 e.